The predicted octanol–water partition coefficient (Wildman–Crippen LogP) is 2.83. The molecule has 1 saturated carbocycles. The molecule has 0 amide bonds. The molecule has 1 fully saturated rings. The Labute approximate surface area is 94.8 Å². The Morgan fingerprint density at radius 2 is 1.73 bits per heavy atom. The van der Waals surface area contributed by atoms with Crippen molar-refractivity contribution in [3.05, 3.63) is 0 Å². The number of methoxy groups -OCH3 is 1. The summed E-state index contributed by atoms with van der Waals surface area (Å²) in [6.45, 7) is 9.96. The van der Waals surface area contributed by atoms with Gasteiger partial charge < -0.3 is 10.1 Å². The highest BCUT2D eigenvalue weighted by Crippen LogP contribution is 2.29. The molecule has 0 bridgehead atoms. The number of rotatable bonds is 4. The normalized spacial score (nSPS) is 33.0. The van der Waals surface area contributed by atoms with Gasteiger partial charge in [-0.15, -0.1) is 0 Å². The standard InChI is InChI=1S/C13H27NO/c1-10-7-6-8-11(2)12(10)14-9-13(3,4)15-5/h10-12,14H,6-9H2,1-5H3. The van der Waals surface area contributed by atoms with Crippen LogP contribution in [0, 0.1) is 11.8 Å². The summed E-state index contributed by atoms with van der Waals surface area (Å²) in [7, 11) is 1.79. The molecule has 0 saturated heterocycles. The maximum atomic E-state index is 5.44. The maximum absolute atomic E-state index is 5.44. The lowest BCUT2D eigenvalue weighted by molar-refractivity contribution is 0.0158. The van der Waals surface area contributed by atoms with Gasteiger partial charge in [-0.2, -0.15) is 0 Å². The highest BCUT2D eigenvalue weighted by Gasteiger charge is 2.29. The van der Waals surface area contributed by atoms with Crippen LogP contribution in [0.5, 0.6) is 0 Å². The number of hydrogen-bond donors (Lipinski definition) is 1. The van der Waals surface area contributed by atoms with Gasteiger partial charge in [0.15, 0.2) is 0 Å². The quantitative estimate of drug-likeness (QED) is 0.775. The van der Waals surface area contributed by atoms with E-state index < -0.39 is 0 Å². The molecular formula is C13H27NO. The highest BCUT2D eigenvalue weighted by molar-refractivity contribution is 4.85. The topological polar surface area (TPSA) is 21.3 Å². The lowest BCUT2D eigenvalue weighted by Crippen LogP contribution is -2.48. The molecule has 2 unspecified atom stereocenters. The Hall–Kier alpha value is -0.0800. The fraction of sp³-hybridized carbons (Fsp3) is 1.00. The van der Waals surface area contributed by atoms with Crippen LogP contribution in [0.3, 0.4) is 0 Å². The molecule has 2 nitrogen and oxygen atoms in total. The van der Waals surface area contributed by atoms with E-state index >= 15 is 0 Å². The summed E-state index contributed by atoms with van der Waals surface area (Å²) in [4.78, 5) is 0. The lowest BCUT2D eigenvalue weighted by atomic mass is 9.78. The third kappa shape index (κ3) is 3.76. The van der Waals surface area contributed by atoms with Gasteiger partial charge in [0.05, 0.1) is 5.60 Å². The van der Waals surface area contributed by atoms with E-state index in [2.05, 4.69) is 33.0 Å². The van der Waals surface area contributed by atoms with Crippen LogP contribution in [0.4, 0.5) is 0 Å². The van der Waals surface area contributed by atoms with Crippen molar-refractivity contribution in [3.8, 4) is 0 Å². The molecule has 0 aromatic rings. The van der Waals surface area contributed by atoms with Crippen molar-refractivity contribution in [2.24, 2.45) is 11.8 Å². The minimum absolute atomic E-state index is 0.0448. The van der Waals surface area contributed by atoms with Gasteiger partial charge in [0, 0.05) is 19.7 Å². The van der Waals surface area contributed by atoms with Gasteiger partial charge in [0.2, 0.25) is 0 Å². The maximum Gasteiger partial charge on any atom is 0.0746 e. The fourth-order valence-electron chi connectivity index (χ4n) is 2.52. The van der Waals surface area contributed by atoms with Crippen molar-refractivity contribution in [2.75, 3.05) is 13.7 Å². The third-order valence-corrected chi connectivity index (χ3v) is 3.86. The van der Waals surface area contributed by atoms with E-state index in [1.54, 1.807) is 7.11 Å². The molecule has 0 spiro atoms. The first-order valence-corrected chi connectivity index (χ1v) is 6.25. The second-order valence-corrected chi connectivity index (χ2v) is 5.76. The molecular weight excluding hydrogens is 186 g/mol. The Balaban J connectivity index is 2.42. The molecule has 1 rings (SSSR count). The monoisotopic (exact) mass is 213 g/mol. The zero-order valence-corrected chi connectivity index (χ0v) is 11.0. The molecule has 0 radical (unpaired) electrons. The first kappa shape index (κ1) is 13.0. The highest BCUT2D eigenvalue weighted by atomic mass is 16.5. The van der Waals surface area contributed by atoms with Crippen molar-refractivity contribution < 1.29 is 4.74 Å². The van der Waals surface area contributed by atoms with Gasteiger partial charge in [0.1, 0.15) is 0 Å². The summed E-state index contributed by atoms with van der Waals surface area (Å²) in [6, 6.07) is 0.674. The molecule has 90 valence electrons. The van der Waals surface area contributed by atoms with E-state index in [1.807, 2.05) is 0 Å². The Kier molecular flexibility index (Phi) is 4.60. The van der Waals surface area contributed by atoms with Crippen molar-refractivity contribution in [1.29, 1.82) is 0 Å². The van der Waals surface area contributed by atoms with Crippen LogP contribution in [0.25, 0.3) is 0 Å². The summed E-state index contributed by atoms with van der Waals surface area (Å²) >= 11 is 0. The first-order chi connectivity index (χ1) is 6.96. The lowest BCUT2D eigenvalue weighted by Gasteiger charge is -2.37. The molecule has 2 atom stereocenters. The molecule has 0 aromatic carbocycles. The molecule has 1 N–H and O–H groups in total. The second kappa shape index (κ2) is 5.31. The smallest absolute Gasteiger partial charge is 0.0746 e. The number of hydrogen-bond acceptors (Lipinski definition) is 2. The van der Waals surface area contributed by atoms with E-state index in [-0.39, 0.29) is 5.60 Å². The Morgan fingerprint density at radius 1 is 1.20 bits per heavy atom. The molecule has 0 aliphatic heterocycles. The zero-order chi connectivity index (χ0) is 11.5. The van der Waals surface area contributed by atoms with E-state index in [9.17, 15) is 0 Å². The summed E-state index contributed by atoms with van der Waals surface area (Å²) < 4.78 is 5.44. The minimum Gasteiger partial charge on any atom is -0.377 e. The average molecular weight is 213 g/mol. The van der Waals surface area contributed by atoms with Crippen LogP contribution < -0.4 is 5.32 Å². The minimum atomic E-state index is -0.0448. The largest absolute Gasteiger partial charge is 0.377 e. The zero-order valence-electron chi connectivity index (χ0n) is 11.0. The van der Waals surface area contributed by atoms with E-state index in [0.29, 0.717) is 6.04 Å². The van der Waals surface area contributed by atoms with Crippen LogP contribution in [-0.4, -0.2) is 25.3 Å². The van der Waals surface area contributed by atoms with Crippen molar-refractivity contribution >= 4 is 0 Å². The Bertz CT molecular complexity index is 181. The van der Waals surface area contributed by atoms with Crippen LogP contribution >= 0.6 is 0 Å². The van der Waals surface area contributed by atoms with Crippen molar-refractivity contribution in [1.82, 2.24) is 5.32 Å². The summed E-state index contributed by atoms with van der Waals surface area (Å²) in [5, 5.41) is 3.69. The van der Waals surface area contributed by atoms with Gasteiger partial charge in [-0.05, 0) is 38.5 Å². The number of nitrogens with one attached hydrogen (secondary N) is 1. The average Bonchev–Trinajstić information content (AvgIpc) is 2.17. The Morgan fingerprint density at radius 3 is 2.20 bits per heavy atom. The van der Waals surface area contributed by atoms with Crippen molar-refractivity contribution in [3.63, 3.8) is 0 Å². The van der Waals surface area contributed by atoms with Gasteiger partial charge >= 0.3 is 0 Å². The van der Waals surface area contributed by atoms with Gasteiger partial charge in [-0.25, -0.2) is 0 Å². The molecule has 15 heavy (non-hydrogen) atoms. The van der Waals surface area contributed by atoms with Crippen LogP contribution in [0.2, 0.25) is 0 Å². The fourth-order valence-corrected chi connectivity index (χ4v) is 2.52. The van der Waals surface area contributed by atoms with Crippen molar-refractivity contribution in [2.45, 2.75) is 58.6 Å². The summed E-state index contributed by atoms with van der Waals surface area (Å²) in [5.41, 5.74) is -0.0448. The number of ether oxygens (including phenoxy) is 1. The van der Waals surface area contributed by atoms with Crippen LogP contribution in [-0.2, 0) is 4.74 Å². The molecule has 1 aliphatic carbocycles. The van der Waals surface area contributed by atoms with Gasteiger partial charge in [-0.1, -0.05) is 20.3 Å². The van der Waals surface area contributed by atoms with Gasteiger partial charge in [-0.3, -0.25) is 0 Å². The van der Waals surface area contributed by atoms with Crippen LogP contribution in [0.15, 0.2) is 0 Å². The third-order valence-electron chi connectivity index (χ3n) is 3.86. The van der Waals surface area contributed by atoms with E-state index in [0.717, 1.165) is 18.4 Å². The molecule has 2 heteroatoms. The SMILES string of the molecule is COC(C)(C)CNC1C(C)CCCC1C. The van der Waals surface area contributed by atoms with E-state index in [1.165, 1.54) is 19.3 Å². The molecule has 0 aromatic heterocycles. The first-order valence-electron chi connectivity index (χ1n) is 6.25. The van der Waals surface area contributed by atoms with E-state index in [4.69, 9.17) is 4.74 Å². The molecule has 0 heterocycles. The van der Waals surface area contributed by atoms with Crippen LogP contribution in [0.1, 0.15) is 47.0 Å². The summed E-state index contributed by atoms with van der Waals surface area (Å²) in [6.07, 6.45) is 4.14. The predicted molar refractivity (Wildman–Crippen MR) is 65.1 cm³/mol. The second-order valence-electron chi connectivity index (χ2n) is 5.76. The summed E-state index contributed by atoms with van der Waals surface area (Å²) in [5.74, 6) is 1.61. The molecule has 1 aliphatic rings. The van der Waals surface area contributed by atoms with Gasteiger partial charge in [0.25, 0.3) is 0 Å².